The van der Waals surface area contributed by atoms with Crippen molar-refractivity contribution in [2.75, 3.05) is 0 Å². The van der Waals surface area contributed by atoms with E-state index in [1.54, 1.807) is 0 Å². The first kappa shape index (κ1) is 11.5. The largest absolute Gasteiger partial charge is 0.417 e. The number of Topliss-reactive ketones (excluding diaryl/α,β-unsaturated/α-hetero) is 1. The Balaban J connectivity index is 3.09. The Morgan fingerprint density at radius 3 is 2.38 bits per heavy atom. The van der Waals surface area contributed by atoms with Gasteiger partial charge in [0.25, 0.3) is 0 Å². The summed E-state index contributed by atoms with van der Waals surface area (Å²) in [4.78, 5) is 24.8. The van der Waals surface area contributed by atoms with E-state index in [0.29, 0.717) is 0 Å². The first-order valence-electron chi connectivity index (χ1n) is 4.13. The second-order valence-corrected chi connectivity index (χ2v) is 4.23. The van der Waals surface area contributed by atoms with Gasteiger partial charge in [0.05, 0.1) is 15.6 Å². The number of rotatable bonds is 1. The molecule has 0 amide bonds. The van der Waals surface area contributed by atoms with E-state index in [1.165, 1.54) is 6.92 Å². The molecule has 0 saturated carbocycles. The highest BCUT2D eigenvalue weighted by atomic mass is 35.5. The van der Waals surface area contributed by atoms with Crippen molar-refractivity contribution in [1.29, 1.82) is 0 Å². The molecule has 16 heavy (non-hydrogen) atoms. The molecular formula is C9H4Cl3NO3. The number of halogens is 3. The first-order valence-corrected chi connectivity index (χ1v) is 5.27. The lowest BCUT2D eigenvalue weighted by Crippen LogP contribution is -1.99. The summed E-state index contributed by atoms with van der Waals surface area (Å²) in [7, 11) is 0. The van der Waals surface area contributed by atoms with Gasteiger partial charge in [-0.25, -0.2) is 4.79 Å². The minimum atomic E-state index is -0.724. The van der Waals surface area contributed by atoms with Gasteiger partial charge < -0.3 is 4.42 Å². The van der Waals surface area contributed by atoms with E-state index >= 15 is 0 Å². The maximum atomic E-state index is 11.4. The number of ketones is 1. The number of benzene rings is 1. The number of hydrogen-bond donors (Lipinski definition) is 1. The van der Waals surface area contributed by atoms with E-state index in [2.05, 4.69) is 4.98 Å². The van der Waals surface area contributed by atoms with Crippen LogP contribution in [0.2, 0.25) is 15.1 Å². The highest BCUT2D eigenvalue weighted by Gasteiger charge is 2.22. The topological polar surface area (TPSA) is 63.1 Å². The average Bonchev–Trinajstić information content (AvgIpc) is 2.56. The monoisotopic (exact) mass is 279 g/mol. The highest BCUT2D eigenvalue weighted by Crippen LogP contribution is 2.39. The number of aromatic nitrogens is 1. The van der Waals surface area contributed by atoms with Gasteiger partial charge in [-0.1, -0.05) is 34.8 Å². The number of nitrogens with one attached hydrogen (secondary N) is 1. The molecule has 1 aromatic heterocycles. The zero-order chi connectivity index (χ0) is 12.0. The van der Waals surface area contributed by atoms with E-state index in [1.807, 2.05) is 0 Å². The maximum Gasteiger partial charge on any atom is 0.417 e. The summed E-state index contributed by atoms with van der Waals surface area (Å²) in [5.41, 5.74) is 0.292. The van der Waals surface area contributed by atoms with Gasteiger partial charge >= 0.3 is 5.76 Å². The summed E-state index contributed by atoms with van der Waals surface area (Å²) in [6, 6.07) is 0. The van der Waals surface area contributed by atoms with Gasteiger partial charge in [-0.05, 0) is 6.92 Å². The van der Waals surface area contributed by atoms with E-state index in [0.717, 1.165) is 0 Å². The molecule has 0 aliphatic carbocycles. The van der Waals surface area contributed by atoms with Crippen molar-refractivity contribution in [2.45, 2.75) is 6.92 Å². The number of carbonyl (C=O) groups is 1. The molecule has 0 bridgehead atoms. The van der Waals surface area contributed by atoms with Crippen molar-refractivity contribution in [3.05, 3.63) is 31.2 Å². The van der Waals surface area contributed by atoms with Crippen molar-refractivity contribution in [3.8, 4) is 0 Å². The van der Waals surface area contributed by atoms with Crippen LogP contribution in [-0.4, -0.2) is 10.8 Å². The predicted molar refractivity (Wildman–Crippen MR) is 61.9 cm³/mol. The molecule has 0 spiro atoms. The Bertz CT molecular complexity index is 656. The quantitative estimate of drug-likeness (QED) is 0.644. The fraction of sp³-hybridized carbons (Fsp3) is 0.111. The summed E-state index contributed by atoms with van der Waals surface area (Å²) in [6.45, 7) is 1.30. The maximum absolute atomic E-state index is 11.4. The van der Waals surface area contributed by atoms with Crippen LogP contribution < -0.4 is 5.76 Å². The first-order chi connectivity index (χ1) is 7.43. The van der Waals surface area contributed by atoms with Crippen LogP contribution in [0.3, 0.4) is 0 Å². The van der Waals surface area contributed by atoms with Crippen LogP contribution in [0.1, 0.15) is 17.3 Å². The molecule has 1 N–H and O–H groups in total. The zero-order valence-electron chi connectivity index (χ0n) is 7.86. The molecular weight excluding hydrogens is 276 g/mol. The molecule has 2 aromatic rings. The Morgan fingerprint density at radius 2 is 1.81 bits per heavy atom. The third kappa shape index (κ3) is 1.54. The van der Waals surface area contributed by atoms with Crippen LogP contribution in [0.4, 0.5) is 0 Å². The lowest BCUT2D eigenvalue weighted by Gasteiger charge is -2.05. The van der Waals surface area contributed by atoms with Crippen molar-refractivity contribution in [2.24, 2.45) is 0 Å². The average molecular weight is 280 g/mol. The van der Waals surface area contributed by atoms with Gasteiger partial charge in [0, 0.05) is 0 Å². The predicted octanol–water partition coefficient (Wildman–Crippen LogP) is 3.28. The Kier molecular flexibility index (Phi) is 2.74. The van der Waals surface area contributed by atoms with Crippen LogP contribution in [0.5, 0.6) is 0 Å². The number of carbonyl (C=O) groups excluding carboxylic acids is 1. The SMILES string of the molecule is CC(=O)c1c(Cl)c(Cl)c(Cl)c2oc(=O)[nH]c12. The van der Waals surface area contributed by atoms with Gasteiger partial charge in [-0.3, -0.25) is 9.78 Å². The molecule has 0 unspecified atom stereocenters. The second kappa shape index (κ2) is 3.80. The van der Waals surface area contributed by atoms with Crippen LogP contribution in [-0.2, 0) is 0 Å². The number of fused-ring (bicyclic) bond motifs is 1. The standard InChI is InChI=1S/C9H4Cl3NO3/c1-2(14)3-4(10)5(11)6(12)8-7(3)13-9(15)16-8/h1H3,(H,13,15). The Hall–Kier alpha value is -0.970. The molecule has 1 heterocycles. The number of aromatic amines is 1. The molecule has 0 atom stereocenters. The van der Waals surface area contributed by atoms with Gasteiger partial charge in [-0.15, -0.1) is 0 Å². The molecule has 2 rings (SSSR count). The molecule has 0 radical (unpaired) electrons. The smallest absolute Gasteiger partial charge is 0.406 e. The summed E-state index contributed by atoms with van der Waals surface area (Å²) in [5.74, 6) is -1.07. The van der Waals surface area contributed by atoms with Crippen LogP contribution in [0, 0.1) is 0 Å². The zero-order valence-corrected chi connectivity index (χ0v) is 10.1. The molecule has 84 valence electrons. The van der Waals surface area contributed by atoms with Crippen LogP contribution in [0.15, 0.2) is 9.21 Å². The van der Waals surface area contributed by atoms with Crippen molar-refractivity contribution >= 4 is 51.7 Å². The minimum Gasteiger partial charge on any atom is -0.406 e. The van der Waals surface area contributed by atoms with Gasteiger partial charge in [0.2, 0.25) is 0 Å². The normalized spacial score (nSPS) is 11.0. The Labute approximate surface area is 104 Å². The van der Waals surface area contributed by atoms with E-state index < -0.39 is 5.76 Å². The number of oxazole rings is 1. The summed E-state index contributed by atoms with van der Waals surface area (Å²) >= 11 is 17.5. The summed E-state index contributed by atoms with van der Waals surface area (Å²) in [6.07, 6.45) is 0. The van der Waals surface area contributed by atoms with Crippen LogP contribution in [0.25, 0.3) is 11.1 Å². The minimum absolute atomic E-state index is 0.00344. The molecule has 0 fully saturated rings. The van der Waals surface area contributed by atoms with E-state index in [4.69, 9.17) is 39.2 Å². The van der Waals surface area contributed by atoms with E-state index in [-0.39, 0.29) is 37.5 Å². The molecule has 0 aliphatic rings. The molecule has 7 heteroatoms. The van der Waals surface area contributed by atoms with Crippen molar-refractivity contribution < 1.29 is 9.21 Å². The third-order valence-corrected chi connectivity index (χ3v) is 3.37. The molecule has 4 nitrogen and oxygen atoms in total. The van der Waals surface area contributed by atoms with Gasteiger partial charge in [0.1, 0.15) is 10.5 Å². The Morgan fingerprint density at radius 1 is 1.19 bits per heavy atom. The number of H-pyrrole nitrogens is 1. The molecule has 1 aromatic carbocycles. The highest BCUT2D eigenvalue weighted by molar-refractivity contribution is 6.51. The van der Waals surface area contributed by atoms with Gasteiger partial charge in [0.15, 0.2) is 11.4 Å². The lowest BCUT2D eigenvalue weighted by molar-refractivity contribution is 0.101. The lowest BCUT2D eigenvalue weighted by atomic mass is 10.1. The van der Waals surface area contributed by atoms with Crippen molar-refractivity contribution in [3.63, 3.8) is 0 Å². The van der Waals surface area contributed by atoms with E-state index in [9.17, 15) is 9.59 Å². The van der Waals surface area contributed by atoms with Crippen LogP contribution >= 0.6 is 34.8 Å². The fourth-order valence-electron chi connectivity index (χ4n) is 1.40. The van der Waals surface area contributed by atoms with Crippen molar-refractivity contribution in [1.82, 2.24) is 4.98 Å². The molecule has 0 aliphatic heterocycles. The summed E-state index contributed by atoms with van der Waals surface area (Å²) < 4.78 is 4.79. The second-order valence-electron chi connectivity index (χ2n) is 3.09. The summed E-state index contributed by atoms with van der Waals surface area (Å²) in [5, 5.41) is -0.00230. The number of hydrogen-bond acceptors (Lipinski definition) is 3. The van der Waals surface area contributed by atoms with Gasteiger partial charge in [-0.2, -0.15) is 0 Å². The fourth-order valence-corrected chi connectivity index (χ4v) is 2.18. The molecule has 0 saturated heterocycles. The third-order valence-electron chi connectivity index (χ3n) is 2.06.